The maximum absolute atomic E-state index is 12.2. The number of hydrogen-bond acceptors (Lipinski definition) is 3. The number of benzene rings is 1. The van der Waals surface area contributed by atoms with Crippen molar-refractivity contribution in [3.8, 4) is 0 Å². The van der Waals surface area contributed by atoms with Gasteiger partial charge in [-0.25, -0.2) is 9.59 Å². The van der Waals surface area contributed by atoms with Crippen LogP contribution in [0.15, 0.2) is 22.7 Å². The first kappa shape index (κ1) is 15.8. The molecule has 114 valence electrons. The molecule has 1 fully saturated rings. The Morgan fingerprint density at radius 1 is 1.38 bits per heavy atom. The Labute approximate surface area is 131 Å². The number of halogens is 1. The van der Waals surface area contributed by atoms with Gasteiger partial charge in [-0.15, -0.1) is 0 Å². The summed E-state index contributed by atoms with van der Waals surface area (Å²) in [6.45, 7) is 1.28. The molecular weight excluding hydrogens is 340 g/mol. The van der Waals surface area contributed by atoms with Crippen LogP contribution >= 0.6 is 15.9 Å². The van der Waals surface area contributed by atoms with Gasteiger partial charge in [-0.05, 0) is 31.0 Å². The van der Waals surface area contributed by atoms with E-state index in [0.29, 0.717) is 17.7 Å². The predicted molar refractivity (Wildman–Crippen MR) is 81.7 cm³/mol. The van der Waals surface area contributed by atoms with Gasteiger partial charge in [0.2, 0.25) is 0 Å². The van der Waals surface area contributed by atoms with E-state index in [2.05, 4.69) is 21.2 Å². The third-order valence-electron chi connectivity index (χ3n) is 3.51. The molecule has 0 spiro atoms. The summed E-state index contributed by atoms with van der Waals surface area (Å²) < 4.78 is 5.92. The Morgan fingerprint density at radius 2 is 2.05 bits per heavy atom. The van der Waals surface area contributed by atoms with Crippen molar-refractivity contribution in [3.63, 3.8) is 0 Å². The van der Waals surface area contributed by atoms with Gasteiger partial charge >= 0.3 is 12.0 Å². The zero-order chi connectivity index (χ0) is 15.4. The Kier molecular flexibility index (Phi) is 5.19. The number of urea groups is 1. The molecule has 2 amide bonds. The van der Waals surface area contributed by atoms with Crippen LogP contribution < -0.4 is 5.32 Å². The van der Waals surface area contributed by atoms with Crippen LogP contribution in [-0.2, 0) is 4.74 Å². The summed E-state index contributed by atoms with van der Waals surface area (Å²) in [4.78, 5) is 25.1. The molecule has 7 heteroatoms. The molecule has 1 aromatic rings. The van der Waals surface area contributed by atoms with Gasteiger partial charge in [0.15, 0.2) is 0 Å². The molecule has 2 rings (SSSR count). The van der Waals surface area contributed by atoms with Crippen molar-refractivity contribution in [2.75, 3.05) is 25.6 Å². The zero-order valence-electron chi connectivity index (χ0n) is 11.6. The smallest absolute Gasteiger partial charge is 0.337 e. The summed E-state index contributed by atoms with van der Waals surface area (Å²) in [6, 6.07) is 4.53. The van der Waals surface area contributed by atoms with E-state index in [1.807, 2.05) is 0 Å². The van der Waals surface area contributed by atoms with Gasteiger partial charge < -0.3 is 20.1 Å². The highest BCUT2D eigenvalue weighted by atomic mass is 79.9. The number of ether oxygens (including phenoxy) is 1. The average Bonchev–Trinajstić information content (AvgIpc) is 2.49. The van der Waals surface area contributed by atoms with Gasteiger partial charge in [-0.2, -0.15) is 0 Å². The summed E-state index contributed by atoms with van der Waals surface area (Å²) in [5.74, 6) is -1.08. The molecule has 1 aliphatic rings. The van der Waals surface area contributed by atoms with E-state index >= 15 is 0 Å². The van der Waals surface area contributed by atoms with E-state index in [4.69, 9.17) is 4.74 Å². The van der Waals surface area contributed by atoms with Crippen molar-refractivity contribution in [2.24, 2.45) is 0 Å². The van der Waals surface area contributed by atoms with Gasteiger partial charge in [0.1, 0.15) is 0 Å². The summed E-state index contributed by atoms with van der Waals surface area (Å²) in [5, 5.41) is 11.8. The molecule has 0 aromatic heterocycles. The molecular formula is C14H17BrN2O4. The predicted octanol–water partition coefficient (Wildman–Crippen LogP) is 2.79. The van der Waals surface area contributed by atoms with Crippen LogP contribution in [0.3, 0.4) is 0 Å². The van der Waals surface area contributed by atoms with Gasteiger partial charge in [-0.3, -0.25) is 0 Å². The first-order chi connectivity index (χ1) is 9.99. The molecule has 1 aliphatic heterocycles. The third kappa shape index (κ3) is 3.95. The van der Waals surface area contributed by atoms with Crippen molar-refractivity contribution in [2.45, 2.75) is 18.9 Å². The molecule has 0 bridgehead atoms. The summed E-state index contributed by atoms with van der Waals surface area (Å²) in [5.41, 5.74) is 0.340. The van der Waals surface area contributed by atoms with Gasteiger partial charge in [0, 0.05) is 30.8 Å². The maximum atomic E-state index is 12.2. The Bertz CT molecular complexity index is 544. The fraction of sp³-hybridized carbons (Fsp3) is 0.429. The van der Waals surface area contributed by atoms with Crippen molar-refractivity contribution >= 4 is 33.6 Å². The SMILES string of the molecule is CN(C(=O)Nc1ccc(Br)cc1C(=O)O)C1CCOCC1. The van der Waals surface area contributed by atoms with Crippen LogP contribution in [0.2, 0.25) is 0 Å². The van der Waals surface area contributed by atoms with Crippen LogP contribution in [-0.4, -0.2) is 48.3 Å². The summed E-state index contributed by atoms with van der Waals surface area (Å²) in [6.07, 6.45) is 1.58. The number of aromatic carboxylic acids is 1. The van der Waals surface area contributed by atoms with Crippen LogP contribution in [0.4, 0.5) is 10.5 Å². The van der Waals surface area contributed by atoms with E-state index in [1.165, 1.54) is 6.07 Å². The van der Waals surface area contributed by atoms with Crippen LogP contribution in [0.1, 0.15) is 23.2 Å². The highest BCUT2D eigenvalue weighted by Crippen LogP contribution is 2.22. The van der Waals surface area contributed by atoms with Crippen molar-refractivity contribution in [1.82, 2.24) is 4.90 Å². The topological polar surface area (TPSA) is 78.9 Å². The standard InChI is InChI=1S/C14H17BrN2O4/c1-17(10-4-6-21-7-5-10)14(20)16-12-3-2-9(15)8-11(12)13(18)19/h2-3,8,10H,4-7H2,1H3,(H,16,20)(H,18,19). The second-order valence-corrected chi connectivity index (χ2v) is 5.80. The number of nitrogens with zero attached hydrogens (tertiary/aromatic N) is 1. The maximum Gasteiger partial charge on any atom is 0.337 e. The van der Waals surface area contributed by atoms with Gasteiger partial charge in [0.25, 0.3) is 0 Å². The minimum atomic E-state index is -1.08. The van der Waals surface area contributed by atoms with Crippen LogP contribution in [0.25, 0.3) is 0 Å². The lowest BCUT2D eigenvalue weighted by Gasteiger charge is -2.31. The van der Waals surface area contributed by atoms with E-state index in [-0.39, 0.29) is 23.3 Å². The Hall–Kier alpha value is -1.60. The van der Waals surface area contributed by atoms with E-state index in [1.54, 1.807) is 24.1 Å². The number of rotatable bonds is 3. The second-order valence-electron chi connectivity index (χ2n) is 4.88. The monoisotopic (exact) mass is 356 g/mol. The van der Waals surface area contributed by atoms with Crippen molar-refractivity contribution in [1.29, 1.82) is 0 Å². The first-order valence-electron chi connectivity index (χ1n) is 6.63. The molecule has 21 heavy (non-hydrogen) atoms. The van der Waals surface area contributed by atoms with Crippen molar-refractivity contribution < 1.29 is 19.4 Å². The van der Waals surface area contributed by atoms with Gasteiger partial charge in [0.05, 0.1) is 11.3 Å². The highest BCUT2D eigenvalue weighted by Gasteiger charge is 2.23. The molecule has 6 nitrogen and oxygen atoms in total. The lowest BCUT2D eigenvalue weighted by molar-refractivity contribution is 0.0544. The fourth-order valence-corrected chi connectivity index (χ4v) is 2.61. The van der Waals surface area contributed by atoms with E-state index < -0.39 is 5.97 Å². The molecule has 0 unspecified atom stereocenters. The Balaban J connectivity index is 2.10. The molecule has 1 aromatic carbocycles. The average molecular weight is 357 g/mol. The number of carboxylic acids is 1. The number of anilines is 1. The molecule has 2 N–H and O–H groups in total. The number of amides is 2. The lowest BCUT2D eigenvalue weighted by atomic mass is 10.1. The fourth-order valence-electron chi connectivity index (χ4n) is 2.24. The van der Waals surface area contributed by atoms with Crippen LogP contribution in [0.5, 0.6) is 0 Å². The first-order valence-corrected chi connectivity index (χ1v) is 7.42. The lowest BCUT2D eigenvalue weighted by Crippen LogP contribution is -2.43. The summed E-state index contributed by atoms with van der Waals surface area (Å²) >= 11 is 3.22. The quantitative estimate of drug-likeness (QED) is 0.872. The Morgan fingerprint density at radius 3 is 2.67 bits per heavy atom. The molecule has 0 aliphatic carbocycles. The number of carbonyl (C=O) groups is 2. The highest BCUT2D eigenvalue weighted by molar-refractivity contribution is 9.10. The normalized spacial score (nSPS) is 15.5. The molecule has 1 heterocycles. The van der Waals surface area contributed by atoms with E-state index in [9.17, 15) is 14.7 Å². The van der Waals surface area contributed by atoms with E-state index in [0.717, 1.165) is 12.8 Å². The minimum Gasteiger partial charge on any atom is -0.478 e. The zero-order valence-corrected chi connectivity index (χ0v) is 13.2. The largest absolute Gasteiger partial charge is 0.478 e. The summed E-state index contributed by atoms with van der Waals surface area (Å²) in [7, 11) is 1.71. The van der Waals surface area contributed by atoms with Crippen LogP contribution in [0, 0.1) is 0 Å². The number of carbonyl (C=O) groups excluding carboxylic acids is 1. The number of carboxylic acid groups (broad SMARTS) is 1. The van der Waals surface area contributed by atoms with Gasteiger partial charge in [-0.1, -0.05) is 15.9 Å². The second kappa shape index (κ2) is 6.91. The van der Waals surface area contributed by atoms with Crippen molar-refractivity contribution in [3.05, 3.63) is 28.2 Å². The number of hydrogen-bond donors (Lipinski definition) is 2. The third-order valence-corrected chi connectivity index (χ3v) is 4.01. The minimum absolute atomic E-state index is 0.0538. The molecule has 0 saturated carbocycles. The number of nitrogens with one attached hydrogen (secondary N) is 1. The molecule has 1 saturated heterocycles. The molecule has 0 atom stereocenters. The molecule has 0 radical (unpaired) electrons.